The number of aromatic hydroxyl groups is 2. The maximum Gasteiger partial charge on any atom is 0.274 e. The highest BCUT2D eigenvalue weighted by Gasteiger charge is 2.20. The highest BCUT2D eigenvalue weighted by molar-refractivity contribution is 5.95. The Balaban J connectivity index is 2.09. The molecule has 1 amide bonds. The van der Waals surface area contributed by atoms with Crippen LogP contribution in [0.5, 0.6) is 11.6 Å². The van der Waals surface area contributed by atoms with Crippen LogP contribution >= 0.6 is 0 Å². The largest absolute Gasteiger partial charge is 0.501 e. The maximum absolute atomic E-state index is 12.2. The number of amides is 1. The zero-order valence-corrected chi connectivity index (χ0v) is 13.6. The van der Waals surface area contributed by atoms with Crippen molar-refractivity contribution in [2.75, 3.05) is 13.2 Å². The van der Waals surface area contributed by atoms with Crippen LogP contribution in [0.3, 0.4) is 0 Å². The number of nitrogens with zero attached hydrogens (tertiary/aromatic N) is 3. The first-order chi connectivity index (χ1) is 11.5. The molecule has 0 bridgehead atoms. The molecule has 2 rings (SSSR count). The average molecular weight is 332 g/mol. The summed E-state index contributed by atoms with van der Waals surface area (Å²) >= 11 is 0. The van der Waals surface area contributed by atoms with Gasteiger partial charge in [0, 0.05) is 19.3 Å². The lowest BCUT2D eigenvalue weighted by atomic mass is 10.3. The van der Waals surface area contributed by atoms with Crippen molar-refractivity contribution in [2.24, 2.45) is 0 Å². The van der Waals surface area contributed by atoms with Crippen molar-refractivity contribution in [3.8, 4) is 23.1 Å². The van der Waals surface area contributed by atoms with Gasteiger partial charge in [0.1, 0.15) is 5.69 Å². The summed E-state index contributed by atoms with van der Waals surface area (Å²) in [5.41, 5.74) is 0.0834. The summed E-state index contributed by atoms with van der Waals surface area (Å²) in [6, 6.07) is 5.08. The fourth-order valence-electron chi connectivity index (χ4n) is 1.89. The predicted octanol–water partition coefficient (Wildman–Crippen LogP) is 1.49. The van der Waals surface area contributed by atoms with E-state index in [1.807, 2.05) is 13.8 Å². The van der Waals surface area contributed by atoms with Crippen LogP contribution in [-0.2, 0) is 4.74 Å². The third kappa shape index (κ3) is 4.63. The molecule has 0 spiro atoms. The Morgan fingerprint density at radius 2 is 2.08 bits per heavy atom. The Bertz CT molecular complexity index is 692. The van der Waals surface area contributed by atoms with Crippen molar-refractivity contribution in [3.05, 3.63) is 30.1 Å². The molecule has 3 N–H and O–H groups in total. The standard InChI is InChI=1S/C16H20N4O4/c1-10(2)24-9-5-8-18-15(22)12-13(21)16(23)20-14(19-12)11-6-3-4-7-17-11/h3-4,6-7,10,21H,5,8-9H2,1-2H3,(H,18,22)(H,19,20,23). The second-order valence-electron chi connectivity index (χ2n) is 5.31. The van der Waals surface area contributed by atoms with Gasteiger partial charge in [0.25, 0.3) is 11.8 Å². The first-order valence-corrected chi connectivity index (χ1v) is 7.60. The van der Waals surface area contributed by atoms with Crippen LogP contribution in [0.15, 0.2) is 24.4 Å². The van der Waals surface area contributed by atoms with Gasteiger partial charge in [-0.05, 0) is 32.4 Å². The molecule has 0 fully saturated rings. The molecule has 0 saturated carbocycles. The average Bonchev–Trinajstić information content (AvgIpc) is 2.57. The van der Waals surface area contributed by atoms with Crippen LogP contribution in [0, 0.1) is 0 Å². The quantitative estimate of drug-likeness (QED) is 0.658. The van der Waals surface area contributed by atoms with Gasteiger partial charge in [-0.2, -0.15) is 4.98 Å². The van der Waals surface area contributed by atoms with Crippen molar-refractivity contribution >= 4 is 5.91 Å². The number of ether oxygens (including phenoxy) is 1. The van der Waals surface area contributed by atoms with E-state index in [2.05, 4.69) is 20.3 Å². The molecule has 0 aliphatic carbocycles. The first kappa shape index (κ1) is 17.6. The van der Waals surface area contributed by atoms with E-state index in [1.54, 1.807) is 18.2 Å². The summed E-state index contributed by atoms with van der Waals surface area (Å²) in [6.45, 7) is 4.73. The van der Waals surface area contributed by atoms with Crippen LogP contribution < -0.4 is 5.32 Å². The summed E-state index contributed by atoms with van der Waals surface area (Å²) < 4.78 is 5.37. The smallest absolute Gasteiger partial charge is 0.274 e. The second kappa shape index (κ2) is 8.21. The van der Waals surface area contributed by atoms with E-state index >= 15 is 0 Å². The molecular formula is C16H20N4O4. The van der Waals surface area contributed by atoms with Gasteiger partial charge in [0.2, 0.25) is 5.75 Å². The van der Waals surface area contributed by atoms with Gasteiger partial charge in [0.05, 0.1) is 6.10 Å². The third-order valence-corrected chi connectivity index (χ3v) is 3.03. The van der Waals surface area contributed by atoms with Gasteiger partial charge in [-0.1, -0.05) is 6.07 Å². The molecule has 0 aliphatic heterocycles. The minimum atomic E-state index is -0.668. The van der Waals surface area contributed by atoms with Crippen LogP contribution in [0.25, 0.3) is 11.5 Å². The van der Waals surface area contributed by atoms with Crippen molar-refractivity contribution in [3.63, 3.8) is 0 Å². The van der Waals surface area contributed by atoms with Crippen LogP contribution in [0.2, 0.25) is 0 Å². The lowest BCUT2D eigenvalue weighted by Crippen LogP contribution is -2.26. The van der Waals surface area contributed by atoms with Crippen molar-refractivity contribution in [2.45, 2.75) is 26.4 Å². The molecule has 0 atom stereocenters. The van der Waals surface area contributed by atoms with E-state index in [1.165, 1.54) is 6.20 Å². The van der Waals surface area contributed by atoms with Crippen LogP contribution in [0.4, 0.5) is 0 Å². The number of carbonyl (C=O) groups excluding carboxylic acids is 1. The molecule has 8 heteroatoms. The molecule has 0 unspecified atom stereocenters. The SMILES string of the molecule is CC(C)OCCCNC(=O)c1nc(-c2ccccn2)nc(O)c1O. The minimum Gasteiger partial charge on any atom is -0.501 e. The minimum absolute atomic E-state index is 0.0548. The van der Waals surface area contributed by atoms with Gasteiger partial charge in [-0.3, -0.25) is 9.78 Å². The number of aromatic nitrogens is 3. The summed E-state index contributed by atoms with van der Waals surface area (Å²) in [4.78, 5) is 24.0. The molecule has 0 aromatic carbocycles. The van der Waals surface area contributed by atoms with Gasteiger partial charge in [-0.25, -0.2) is 4.98 Å². The van der Waals surface area contributed by atoms with E-state index < -0.39 is 17.5 Å². The number of carbonyl (C=O) groups is 1. The molecule has 0 aliphatic rings. The van der Waals surface area contributed by atoms with Gasteiger partial charge in [0.15, 0.2) is 11.5 Å². The number of hydrogen-bond donors (Lipinski definition) is 3. The number of hydrogen-bond acceptors (Lipinski definition) is 7. The van der Waals surface area contributed by atoms with Gasteiger partial charge >= 0.3 is 0 Å². The Kier molecular flexibility index (Phi) is 6.02. The third-order valence-electron chi connectivity index (χ3n) is 3.03. The van der Waals surface area contributed by atoms with E-state index in [4.69, 9.17) is 4.74 Å². The molecule has 128 valence electrons. The molecule has 0 radical (unpaired) electrons. The maximum atomic E-state index is 12.2. The Morgan fingerprint density at radius 3 is 2.75 bits per heavy atom. The van der Waals surface area contributed by atoms with Crippen LogP contribution in [0.1, 0.15) is 30.8 Å². The van der Waals surface area contributed by atoms with Crippen molar-refractivity contribution in [1.29, 1.82) is 0 Å². The fourth-order valence-corrected chi connectivity index (χ4v) is 1.89. The molecule has 2 heterocycles. The lowest BCUT2D eigenvalue weighted by Gasteiger charge is -2.10. The molecule has 2 aromatic rings. The van der Waals surface area contributed by atoms with Crippen molar-refractivity contribution < 1.29 is 19.7 Å². The lowest BCUT2D eigenvalue weighted by molar-refractivity contribution is 0.0756. The number of pyridine rings is 1. The van der Waals surface area contributed by atoms with E-state index in [-0.39, 0.29) is 17.6 Å². The number of nitrogens with one attached hydrogen (secondary N) is 1. The van der Waals surface area contributed by atoms with Gasteiger partial charge < -0.3 is 20.3 Å². The summed E-state index contributed by atoms with van der Waals surface area (Å²) in [7, 11) is 0. The molecule has 2 aromatic heterocycles. The molecule has 0 saturated heterocycles. The normalized spacial score (nSPS) is 10.8. The Hall–Kier alpha value is -2.74. The van der Waals surface area contributed by atoms with E-state index in [0.717, 1.165) is 0 Å². The predicted molar refractivity (Wildman–Crippen MR) is 86.6 cm³/mol. The second-order valence-corrected chi connectivity index (χ2v) is 5.31. The molecule has 24 heavy (non-hydrogen) atoms. The zero-order chi connectivity index (χ0) is 17.5. The molecule has 8 nitrogen and oxygen atoms in total. The zero-order valence-electron chi connectivity index (χ0n) is 13.6. The highest BCUT2D eigenvalue weighted by atomic mass is 16.5. The number of rotatable bonds is 7. The molecular weight excluding hydrogens is 312 g/mol. The van der Waals surface area contributed by atoms with Crippen molar-refractivity contribution in [1.82, 2.24) is 20.3 Å². The highest BCUT2D eigenvalue weighted by Crippen LogP contribution is 2.27. The Labute approximate surface area is 139 Å². The summed E-state index contributed by atoms with van der Waals surface area (Å²) in [6.07, 6.45) is 2.29. The monoisotopic (exact) mass is 332 g/mol. The van der Waals surface area contributed by atoms with E-state index in [9.17, 15) is 15.0 Å². The van der Waals surface area contributed by atoms with Gasteiger partial charge in [-0.15, -0.1) is 0 Å². The Morgan fingerprint density at radius 1 is 1.29 bits per heavy atom. The first-order valence-electron chi connectivity index (χ1n) is 7.60. The van der Waals surface area contributed by atoms with Crippen LogP contribution in [-0.4, -0.2) is 50.3 Å². The summed E-state index contributed by atoms with van der Waals surface area (Å²) in [5, 5.41) is 22.2. The fraction of sp³-hybridized carbons (Fsp3) is 0.375. The topological polar surface area (TPSA) is 117 Å². The summed E-state index contributed by atoms with van der Waals surface area (Å²) in [5.74, 6) is -1.88. The van der Waals surface area contributed by atoms with E-state index in [0.29, 0.717) is 25.3 Å².